The summed E-state index contributed by atoms with van der Waals surface area (Å²) in [5, 5.41) is 21.2. The molecule has 0 bridgehead atoms. The number of carboxylic acids is 1. The van der Waals surface area contributed by atoms with Crippen molar-refractivity contribution in [2.75, 3.05) is 24.5 Å². The monoisotopic (exact) mass is 543 g/mol. The van der Waals surface area contributed by atoms with Crippen molar-refractivity contribution in [1.82, 2.24) is 20.3 Å². The lowest BCUT2D eigenvalue weighted by atomic mass is 9.92. The Kier molecular flexibility index (Phi) is 8.32. The molecule has 3 heterocycles. The van der Waals surface area contributed by atoms with Gasteiger partial charge in [-0.3, -0.25) is 14.6 Å². The van der Waals surface area contributed by atoms with Gasteiger partial charge in [0.15, 0.2) is 11.4 Å². The number of carbonyl (C=O) groups is 2. The molecule has 1 amide bonds. The minimum atomic E-state index is -4.45. The second-order valence-electron chi connectivity index (χ2n) is 9.53. The number of aliphatic carboxylic acids is 1. The Morgan fingerprint density at radius 1 is 1.05 bits per heavy atom. The van der Waals surface area contributed by atoms with Gasteiger partial charge in [-0.25, -0.2) is 9.97 Å². The summed E-state index contributed by atoms with van der Waals surface area (Å²) in [5.74, 6) is -1.64. The normalized spacial score (nSPS) is 14.3. The first-order chi connectivity index (χ1) is 18.5. The van der Waals surface area contributed by atoms with E-state index >= 15 is 0 Å². The molecule has 39 heavy (non-hydrogen) atoms. The third kappa shape index (κ3) is 7.21. The third-order valence-corrected chi connectivity index (χ3v) is 6.63. The number of piperidine rings is 1. The quantitative estimate of drug-likeness (QED) is 0.392. The van der Waals surface area contributed by atoms with E-state index in [4.69, 9.17) is 5.11 Å². The first-order valence-corrected chi connectivity index (χ1v) is 12.4. The molecule has 0 unspecified atom stereocenters. The van der Waals surface area contributed by atoms with Crippen LogP contribution < -0.4 is 10.2 Å². The Bertz CT molecular complexity index is 1320. The van der Waals surface area contributed by atoms with Crippen LogP contribution in [0.1, 0.15) is 51.7 Å². The zero-order valence-corrected chi connectivity index (χ0v) is 21.2. The van der Waals surface area contributed by atoms with Gasteiger partial charge in [0.05, 0.1) is 5.69 Å². The summed E-state index contributed by atoms with van der Waals surface area (Å²) in [4.78, 5) is 37.3. The summed E-state index contributed by atoms with van der Waals surface area (Å²) in [7, 11) is 0. The van der Waals surface area contributed by atoms with Crippen molar-refractivity contribution in [2.45, 2.75) is 38.8 Å². The number of halogens is 3. The van der Waals surface area contributed by atoms with E-state index in [2.05, 4.69) is 25.2 Å². The fourth-order valence-corrected chi connectivity index (χ4v) is 4.52. The van der Waals surface area contributed by atoms with Crippen molar-refractivity contribution < 1.29 is 33.0 Å². The molecule has 1 saturated heterocycles. The topological polar surface area (TPSA) is 129 Å². The van der Waals surface area contributed by atoms with E-state index in [1.807, 2.05) is 24.3 Å². The Balaban J connectivity index is 1.32. The zero-order valence-electron chi connectivity index (χ0n) is 21.2. The van der Waals surface area contributed by atoms with Crippen LogP contribution in [0.15, 0.2) is 42.6 Å². The fraction of sp³-hybridized carbons (Fsp3) is 0.370. The number of aromatic hydroxyl groups is 1. The number of hydrogen-bond acceptors (Lipinski definition) is 7. The van der Waals surface area contributed by atoms with Gasteiger partial charge in [0, 0.05) is 31.4 Å². The summed E-state index contributed by atoms with van der Waals surface area (Å²) in [6.45, 7) is 2.59. The molecule has 0 atom stereocenters. The average Bonchev–Trinajstić information content (AvgIpc) is 2.90. The predicted molar refractivity (Wildman–Crippen MR) is 136 cm³/mol. The molecule has 1 aliphatic heterocycles. The molecule has 4 rings (SSSR count). The number of alkyl halides is 3. The molecule has 9 nitrogen and oxygen atoms in total. The molecule has 206 valence electrons. The molecule has 0 radical (unpaired) electrons. The van der Waals surface area contributed by atoms with Gasteiger partial charge in [-0.15, -0.1) is 0 Å². The largest absolute Gasteiger partial charge is 0.504 e. The molecule has 3 N–H and O–H groups in total. The van der Waals surface area contributed by atoms with E-state index in [0.29, 0.717) is 24.2 Å². The van der Waals surface area contributed by atoms with E-state index in [1.165, 1.54) is 12.3 Å². The van der Waals surface area contributed by atoms with E-state index < -0.39 is 30.3 Å². The Morgan fingerprint density at radius 3 is 2.31 bits per heavy atom. The van der Waals surface area contributed by atoms with Crippen LogP contribution in [0.2, 0.25) is 0 Å². The molecule has 1 fully saturated rings. The minimum absolute atomic E-state index is 0.233. The number of rotatable bonds is 8. The molecule has 1 aromatic carbocycles. The standard InChI is InChI=1S/C27H28F3N5O4/c1-16-25(38)24(26(39)32-15-23(36)37)34-22(33-16)13-18-8-10-35(11-9-18)20-5-2-17(3-6-20)12-19-4-7-21(31-14-19)27(28,29)30/h2-7,14,18,38H,8-13,15H2,1H3,(H,32,39)(H,36,37). The Labute approximate surface area is 222 Å². The van der Waals surface area contributed by atoms with Crippen molar-refractivity contribution in [3.63, 3.8) is 0 Å². The highest BCUT2D eigenvalue weighted by molar-refractivity contribution is 5.96. The molecule has 0 aliphatic carbocycles. The van der Waals surface area contributed by atoms with Crippen molar-refractivity contribution >= 4 is 17.6 Å². The number of nitrogens with zero attached hydrogens (tertiary/aromatic N) is 4. The van der Waals surface area contributed by atoms with E-state index in [-0.39, 0.29) is 23.1 Å². The predicted octanol–water partition coefficient (Wildman–Crippen LogP) is 3.77. The van der Waals surface area contributed by atoms with Crippen LogP contribution in [0.3, 0.4) is 0 Å². The first kappa shape index (κ1) is 27.8. The number of carboxylic acid groups (broad SMARTS) is 1. The van der Waals surface area contributed by atoms with Gasteiger partial charge in [0.1, 0.15) is 18.1 Å². The number of pyridine rings is 1. The summed E-state index contributed by atoms with van der Waals surface area (Å²) in [6.07, 6.45) is -0.464. The highest BCUT2D eigenvalue weighted by atomic mass is 19.4. The fourth-order valence-electron chi connectivity index (χ4n) is 4.52. The number of anilines is 1. The number of aromatic nitrogens is 3. The number of aryl methyl sites for hydroxylation is 1. The van der Waals surface area contributed by atoms with Crippen LogP contribution in [0.4, 0.5) is 18.9 Å². The number of nitrogens with one attached hydrogen (secondary N) is 1. The molecule has 1 aliphatic rings. The van der Waals surface area contributed by atoms with Crippen LogP contribution in [0.25, 0.3) is 0 Å². The van der Waals surface area contributed by atoms with Crippen LogP contribution in [0.5, 0.6) is 5.75 Å². The first-order valence-electron chi connectivity index (χ1n) is 12.4. The number of hydrogen-bond donors (Lipinski definition) is 3. The highest BCUT2D eigenvalue weighted by Gasteiger charge is 2.32. The van der Waals surface area contributed by atoms with E-state index in [0.717, 1.165) is 43.2 Å². The lowest BCUT2D eigenvalue weighted by Gasteiger charge is -2.33. The number of amides is 1. The van der Waals surface area contributed by atoms with Gasteiger partial charge in [-0.2, -0.15) is 13.2 Å². The average molecular weight is 544 g/mol. The van der Waals surface area contributed by atoms with Crippen LogP contribution in [-0.4, -0.2) is 56.7 Å². The molecule has 2 aromatic heterocycles. The van der Waals surface area contributed by atoms with Crippen LogP contribution in [0, 0.1) is 12.8 Å². The van der Waals surface area contributed by atoms with E-state index in [9.17, 15) is 27.9 Å². The van der Waals surface area contributed by atoms with Gasteiger partial charge in [-0.05, 0) is 61.4 Å². The summed E-state index contributed by atoms with van der Waals surface area (Å²) in [6, 6.07) is 10.4. The molecular formula is C27H28F3N5O4. The maximum Gasteiger partial charge on any atom is 0.433 e. The summed E-state index contributed by atoms with van der Waals surface area (Å²) >= 11 is 0. The van der Waals surface area contributed by atoms with Crippen molar-refractivity contribution in [3.8, 4) is 5.75 Å². The lowest BCUT2D eigenvalue weighted by Crippen LogP contribution is -2.34. The summed E-state index contributed by atoms with van der Waals surface area (Å²) in [5.41, 5.74) is 1.84. The van der Waals surface area contributed by atoms with Crippen molar-refractivity contribution in [3.05, 3.63) is 76.6 Å². The van der Waals surface area contributed by atoms with Gasteiger partial charge < -0.3 is 20.4 Å². The SMILES string of the molecule is Cc1nc(CC2CCN(c3ccc(Cc4ccc(C(F)(F)F)nc4)cc3)CC2)nc(C(=O)NCC(=O)O)c1O. The minimum Gasteiger partial charge on any atom is -0.504 e. The third-order valence-electron chi connectivity index (χ3n) is 6.63. The molecular weight excluding hydrogens is 515 g/mol. The van der Waals surface area contributed by atoms with Crippen molar-refractivity contribution in [1.29, 1.82) is 0 Å². The maximum atomic E-state index is 12.7. The molecule has 3 aromatic rings. The lowest BCUT2D eigenvalue weighted by molar-refractivity contribution is -0.141. The second kappa shape index (κ2) is 11.7. The van der Waals surface area contributed by atoms with Gasteiger partial charge >= 0.3 is 12.1 Å². The summed E-state index contributed by atoms with van der Waals surface area (Å²) < 4.78 is 38.1. The van der Waals surface area contributed by atoms with Gasteiger partial charge in [0.25, 0.3) is 5.91 Å². The van der Waals surface area contributed by atoms with Crippen LogP contribution in [-0.2, 0) is 23.8 Å². The highest BCUT2D eigenvalue weighted by Crippen LogP contribution is 2.29. The second-order valence-corrected chi connectivity index (χ2v) is 9.53. The van der Waals surface area contributed by atoms with Gasteiger partial charge in [-0.1, -0.05) is 18.2 Å². The number of benzene rings is 1. The maximum absolute atomic E-state index is 12.7. The molecule has 12 heteroatoms. The molecule has 0 saturated carbocycles. The zero-order chi connectivity index (χ0) is 28.2. The van der Waals surface area contributed by atoms with Crippen molar-refractivity contribution in [2.24, 2.45) is 5.92 Å². The van der Waals surface area contributed by atoms with Crippen LogP contribution >= 0.6 is 0 Å². The molecule has 0 spiro atoms. The Hall–Kier alpha value is -4.22. The van der Waals surface area contributed by atoms with E-state index in [1.54, 1.807) is 6.92 Å². The Morgan fingerprint density at radius 2 is 1.72 bits per heavy atom. The number of carbonyl (C=O) groups excluding carboxylic acids is 1. The smallest absolute Gasteiger partial charge is 0.433 e. The van der Waals surface area contributed by atoms with Gasteiger partial charge in [0.2, 0.25) is 0 Å².